The Balaban J connectivity index is 1.70. The van der Waals surface area contributed by atoms with Gasteiger partial charge >= 0.3 is 12.0 Å². The zero-order valence-electron chi connectivity index (χ0n) is 12.5. The molecule has 1 fully saturated rings. The number of carbonyl (C=O) groups excluding carboxylic acids is 3. The van der Waals surface area contributed by atoms with Crippen LogP contribution in [0.4, 0.5) is 4.79 Å². The highest BCUT2D eigenvalue weighted by molar-refractivity contribution is 5.96. The van der Waals surface area contributed by atoms with Crippen molar-refractivity contribution < 1.29 is 23.5 Å². The summed E-state index contributed by atoms with van der Waals surface area (Å²) < 4.78 is 9.57. The molecule has 3 amide bonds. The highest BCUT2D eigenvalue weighted by Gasteiger charge is 2.23. The standard InChI is InChI=1S/C15H20N2O5/c1-10-5-2-3-6-11(10)16-15(20)17-13(18)9-22-14(19)12-7-4-8-21-12/h4,7-8,10-11H,2-3,5-6,9H2,1H3,(H2,16,17,18,20)/t10-,11-/m1/s1. The molecule has 0 bridgehead atoms. The number of amides is 3. The van der Waals surface area contributed by atoms with Gasteiger partial charge in [0.05, 0.1) is 6.26 Å². The molecule has 7 heteroatoms. The van der Waals surface area contributed by atoms with Crippen molar-refractivity contribution in [3.05, 3.63) is 24.2 Å². The largest absolute Gasteiger partial charge is 0.457 e. The third-order valence-corrected chi connectivity index (χ3v) is 3.74. The highest BCUT2D eigenvalue weighted by Crippen LogP contribution is 2.23. The van der Waals surface area contributed by atoms with E-state index >= 15 is 0 Å². The Labute approximate surface area is 128 Å². The number of esters is 1. The Morgan fingerprint density at radius 3 is 2.77 bits per heavy atom. The van der Waals surface area contributed by atoms with E-state index in [9.17, 15) is 14.4 Å². The number of hydrogen-bond donors (Lipinski definition) is 2. The minimum atomic E-state index is -0.749. The lowest BCUT2D eigenvalue weighted by Crippen LogP contribution is -2.48. The fourth-order valence-corrected chi connectivity index (χ4v) is 2.49. The molecule has 22 heavy (non-hydrogen) atoms. The van der Waals surface area contributed by atoms with Crippen LogP contribution in [0.2, 0.25) is 0 Å². The van der Waals surface area contributed by atoms with Crippen LogP contribution in [-0.2, 0) is 9.53 Å². The monoisotopic (exact) mass is 308 g/mol. The van der Waals surface area contributed by atoms with Crippen molar-refractivity contribution in [3.63, 3.8) is 0 Å². The van der Waals surface area contributed by atoms with Gasteiger partial charge in [0, 0.05) is 6.04 Å². The number of furan rings is 1. The molecule has 1 aromatic rings. The molecule has 0 spiro atoms. The van der Waals surface area contributed by atoms with Crippen molar-refractivity contribution in [2.24, 2.45) is 5.92 Å². The molecule has 1 aromatic heterocycles. The number of urea groups is 1. The number of nitrogens with one attached hydrogen (secondary N) is 2. The van der Waals surface area contributed by atoms with E-state index in [1.54, 1.807) is 0 Å². The average molecular weight is 308 g/mol. The summed E-state index contributed by atoms with van der Waals surface area (Å²) >= 11 is 0. The van der Waals surface area contributed by atoms with Gasteiger partial charge in [0.1, 0.15) is 0 Å². The van der Waals surface area contributed by atoms with E-state index in [2.05, 4.69) is 17.6 Å². The Kier molecular flexibility index (Phi) is 5.57. The Morgan fingerprint density at radius 1 is 1.32 bits per heavy atom. The van der Waals surface area contributed by atoms with Crippen LogP contribution in [0.15, 0.2) is 22.8 Å². The summed E-state index contributed by atoms with van der Waals surface area (Å²) in [5, 5.41) is 4.94. The molecule has 7 nitrogen and oxygen atoms in total. The third kappa shape index (κ3) is 4.61. The lowest BCUT2D eigenvalue weighted by Gasteiger charge is -2.29. The number of rotatable bonds is 4. The maximum Gasteiger partial charge on any atom is 0.374 e. The first-order valence-corrected chi connectivity index (χ1v) is 7.37. The first-order valence-electron chi connectivity index (χ1n) is 7.37. The molecule has 2 N–H and O–H groups in total. The summed E-state index contributed by atoms with van der Waals surface area (Å²) in [6.07, 6.45) is 5.55. The zero-order valence-corrected chi connectivity index (χ0v) is 12.5. The number of imide groups is 1. The van der Waals surface area contributed by atoms with Crippen molar-refractivity contribution >= 4 is 17.9 Å². The van der Waals surface area contributed by atoms with Crippen LogP contribution in [0.25, 0.3) is 0 Å². The van der Waals surface area contributed by atoms with Crippen molar-refractivity contribution in [1.82, 2.24) is 10.6 Å². The second-order valence-corrected chi connectivity index (χ2v) is 5.44. The SMILES string of the molecule is C[C@@H]1CCCC[C@H]1NC(=O)NC(=O)COC(=O)c1ccco1. The van der Waals surface area contributed by atoms with Gasteiger partial charge in [0.15, 0.2) is 6.61 Å². The molecular weight excluding hydrogens is 288 g/mol. The fourth-order valence-electron chi connectivity index (χ4n) is 2.49. The van der Waals surface area contributed by atoms with Crippen molar-refractivity contribution in [2.75, 3.05) is 6.61 Å². The summed E-state index contributed by atoms with van der Waals surface area (Å²) in [5.74, 6) is -1.03. The summed E-state index contributed by atoms with van der Waals surface area (Å²) in [7, 11) is 0. The summed E-state index contributed by atoms with van der Waals surface area (Å²) in [6.45, 7) is 1.55. The first kappa shape index (κ1) is 16.1. The van der Waals surface area contributed by atoms with E-state index in [0.717, 1.165) is 19.3 Å². The van der Waals surface area contributed by atoms with Gasteiger partial charge in [-0.05, 0) is 30.9 Å². The normalized spacial score (nSPS) is 21.0. The van der Waals surface area contributed by atoms with Gasteiger partial charge in [-0.15, -0.1) is 0 Å². The van der Waals surface area contributed by atoms with Crippen molar-refractivity contribution in [3.8, 4) is 0 Å². The molecule has 120 valence electrons. The quantitative estimate of drug-likeness (QED) is 0.827. The lowest BCUT2D eigenvalue weighted by molar-refractivity contribution is -0.123. The van der Waals surface area contributed by atoms with E-state index in [0.29, 0.717) is 5.92 Å². The van der Waals surface area contributed by atoms with E-state index < -0.39 is 24.5 Å². The minimum absolute atomic E-state index is 0.00767. The van der Waals surface area contributed by atoms with Crippen LogP contribution >= 0.6 is 0 Å². The van der Waals surface area contributed by atoms with E-state index in [1.807, 2.05) is 0 Å². The van der Waals surface area contributed by atoms with Gasteiger partial charge in [-0.2, -0.15) is 0 Å². The maximum absolute atomic E-state index is 11.7. The van der Waals surface area contributed by atoms with Gasteiger partial charge in [0.2, 0.25) is 5.76 Å². The molecule has 1 saturated carbocycles. The third-order valence-electron chi connectivity index (χ3n) is 3.74. The fraction of sp³-hybridized carbons (Fsp3) is 0.533. The molecule has 2 atom stereocenters. The Hall–Kier alpha value is -2.31. The molecule has 0 radical (unpaired) electrons. The summed E-state index contributed by atoms with van der Waals surface area (Å²) in [6, 6.07) is 2.48. The molecule has 1 aliphatic rings. The first-order chi connectivity index (χ1) is 10.6. The average Bonchev–Trinajstić information content (AvgIpc) is 3.01. The van der Waals surface area contributed by atoms with E-state index in [4.69, 9.17) is 9.15 Å². The van der Waals surface area contributed by atoms with Crippen molar-refractivity contribution in [2.45, 2.75) is 38.6 Å². The number of carbonyl (C=O) groups is 3. The van der Waals surface area contributed by atoms with E-state index in [1.165, 1.54) is 24.8 Å². The van der Waals surface area contributed by atoms with Crippen LogP contribution in [0.5, 0.6) is 0 Å². The maximum atomic E-state index is 11.7. The van der Waals surface area contributed by atoms with Crippen LogP contribution in [-0.4, -0.2) is 30.6 Å². The smallest absolute Gasteiger partial charge is 0.374 e. The van der Waals surface area contributed by atoms with E-state index in [-0.39, 0.29) is 11.8 Å². The molecule has 2 rings (SSSR count). The lowest BCUT2D eigenvalue weighted by atomic mass is 9.86. The van der Waals surface area contributed by atoms with Crippen LogP contribution in [0.1, 0.15) is 43.2 Å². The highest BCUT2D eigenvalue weighted by atomic mass is 16.5. The predicted molar refractivity (Wildman–Crippen MR) is 77.1 cm³/mol. The molecule has 0 unspecified atom stereocenters. The molecule has 1 aliphatic carbocycles. The van der Waals surface area contributed by atoms with Crippen LogP contribution in [0.3, 0.4) is 0 Å². The van der Waals surface area contributed by atoms with Gasteiger partial charge < -0.3 is 14.5 Å². The minimum Gasteiger partial charge on any atom is -0.457 e. The van der Waals surface area contributed by atoms with Gasteiger partial charge in [0.25, 0.3) is 5.91 Å². The Bertz CT molecular complexity index is 526. The molecule has 0 aliphatic heterocycles. The van der Waals surface area contributed by atoms with Gasteiger partial charge in [-0.3, -0.25) is 10.1 Å². The van der Waals surface area contributed by atoms with Crippen LogP contribution in [0, 0.1) is 5.92 Å². The molecular formula is C15H20N2O5. The van der Waals surface area contributed by atoms with Crippen LogP contribution < -0.4 is 10.6 Å². The summed E-state index contributed by atoms with van der Waals surface area (Å²) in [5.41, 5.74) is 0. The topological polar surface area (TPSA) is 97.6 Å². The van der Waals surface area contributed by atoms with Crippen molar-refractivity contribution in [1.29, 1.82) is 0 Å². The van der Waals surface area contributed by atoms with Gasteiger partial charge in [-0.25, -0.2) is 9.59 Å². The number of ether oxygens (including phenoxy) is 1. The Morgan fingerprint density at radius 2 is 2.09 bits per heavy atom. The predicted octanol–water partition coefficient (Wildman–Crippen LogP) is 1.84. The molecule has 0 aromatic carbocycles. The molecule has 1 heterocycles. The second kappa shape index (κ2) is 7.63. The number of hydrogen-bond acceptors (Lipinski definition) is 5. The summed E-state index contributed by atoms with van der Waals surface area (Å²) in [4.78, 5) is 34.8. The van der Waals surface area contributed by atoms with Gasteiger partial charge in [-0.1, -0.05) is 19.8 Å². The molecule has 0 saturated heterocycles. The zero-order chi connectivity index (χ0) is 15.9. The second-order valence-electron chi connectivity index (χ2n) is 5.44.